The van der Waals surface area contributed by atoms with Crippen LogP contribution in [0.4, 0.5) is 17.2 Å². The topological polar surface area (TPSA) is 78.7 Å². The molecule has 7 rings (SSSR count). The van der Waals surface area contributed by atoms with Crippen LogP contribution in [0.3, 0.4) is 0 Å². The van der Waals surface area contributed by atoms with Crippen LogP contribution in [0.2, 0.25) is 0 Å². The van der Waals surface area contributed by atoms with Gasteiger partial charge in [-0.05, 0) is 12.8 Å². The van der Waals surface area contributed by atoms with Crippen LogP contribution >= 0.6 is 0 Å². The summed E-state index contributed by atoms with van der Waals surface area (Å²) in [5.41, 5.74) is 4.86. The van der Waals surface area contributed by atoms with Gasteiger partial charge in [0.1, 0.15) is 0 Å². The van der Waals surface area contributed by atoms with Crippen LogP contribution in [0.15, 0.2) is 30.6 Å². The summed E-state index contributed by atoms with van der Waals surface area (Å²) in [6.07, 6.45) is 6.00. The van der Waals surface area contributed by atoms with Gasteiger partial charge in [-0.3, -0.25) is 0 Å². The number of anilines is 3. The zero-order valence-electron chi connectivity index (χ0n) is 21.0. The van der Waals surface area contributed by atoms with Crippen LogP contribution in [-0.4, -0.2) is 80.2 Å². The van der Waals surface area contributed by atoms with Gasteiger partial charge in [-0.1, -0.05) is 0 Å². The summed E-state index contributed by atoms with van der Waals surface area (Å²) in [5, 5.41) is 21.1. The molecule has 2 N–H and O–H groups in total. The number of halogens is 1. The number of aliphatic hydroxyl groups is 1. The summed E-state index contributed by atoms with van der Waals surface area (Å²) >= 11 is 0.297. The van der Waals surface area contributed by atoms with Crippen LogP contribution < -0.4 is 31.4 Å². The summed E-state index contributed by atoms with van der Waals surface area (Å²) in [4.78, 5) is 9.75. The van der Waals surface area contributed by atoms with Gasteiger partial charge in [0.05, 0.1) is 0 Å². The number of piperazine rings is 1. The zero-order valence-corrected chi connectivity index (χ0v) is 23.1. The van der Waals surface area contributed by atoms with Gasteiger partial charge >= 0.3 is 210 Å². The Balaban J connectivity index is 1.15. The van der Waals surface area contributed by atoms with E-state index in [-0.39, 0.29) is 5.54 Å². The molecule has 3 atom stereocenters. The van der Waals surface area contributed by atoms with Gasteiger partial charge in [-0.15, -0.1) is 0 Å². The first kappa shape index (κ1) is 23.2. The number of benzene rings is 1. The molecule has 1 aliphatic carbocycles. The fraction of sp³-hybridized carbons (Fsp3) is 0.556. The Labute approximate surface area is 222 Å². The fourth-order valence-electron chi connectivity index (χ4n) is 5.79. The fourth-order valence-corrected chi connectivity index (χ4v) is 7.49. The third-order valence-corrected chi connectivity index (χ3v) is 10.9. The predicted molar refractivity (Wildman–Crippen MR) is 137 cm³/mol. The minimum atomic E-state index is -0.407. The van der Waals surface area contributed by atoms with Crippen LogP contribution in [-0.2, 0) is 4.74 Å². The normalized spacial score (nSPS) is 28.9. The van der Waals surface area contributed by atoms with Crippen LogP contribution in [0.25, 0.3) is 10.8 Å². The summed E-state index contributed by atoms with van der Waals surface area (Å²) in [6, 6.07) is 7.55. The standard InChI is InChI=1S/C27H34IN6O2/c1-17-23(14-30-34(17)20-3-4-20)31-26-11-18-10-24(21(22-12-28-22)9-19(18)13-29-26)32-5-7-33(8-6-32)27(2)16-36-15-25(27)35/h9-11,13-14,20,22,25,35H,3-8,12,15-16H2,1-2H3,(H,29,31)/q-1/t22?,25-,27+/m1/s1. The Morgan fingerprint density at radius 1 is 1.11 bits per heavy atom. The van der Waals surface area contributed by atoms with Gasteiger partial charge in [0, 0.05) is 0 Å². The molecule has 1 unspecified atom stereocenters. The van der Waals surface area contributed by atoms with Crippen LogP contribution in [0.1, 0.15) is 41.0 Å². The number of aliphatic hydroxyl groups excluding tert-OH is 1. The van der Waals surface area contributed by atoms with Gasteiger partial charge in [-0.25, -0.2) is 0 Å². The second-order valence-corrected chi connectivity index (χ2v) is 14.2. The number of aromatic nitrogens is 3. The molecule has 0 radical (unpaired) electrons. The number of pyridine rings is 1. The smallest absolute Gasteiger partial charge is 0.0285 e. The first-order chi connectivity index (χ1) is 17.5. The second-order valence-electron chi connectivity index (χ2n) is 10.9. The van der Waals surface area contributed by atoms with Crippen molar-refractivity contribution >= 4 is 28.0 Å². The summed E-state index contributed by atoms with van der Waals surface area (Å²) in [6.45, 7) is 9.18. The molecule has 36 heavy (non-hydrogen) atoms. The van der Waals surface area contributed by atoms with E-state index in [9.17, 15) is 5.11 Å². The summed E-state index contributed by atoms with van der Waals surface area (Å²) < 4.78 is 9.91. The van der Waals surface area contributed by atoms with E-state index in [1.54, 1.807) is 0 Å². The van der Waals surface area contributed by atoms with Crippen LogP contribution in [0, 0.1) is 6.92 Å². The Hall–Kier alpha value is -1.95. The molecule has 0 spiro atoms. The second kappa shape index (κ2) is 8.82. The maximum absolute atomic E-state index is 10.5. The van der Waals surface area contributed by atoms with Crippen molar-refractivity contribution in [2.45, 2.75) is 48.3 Å². The Morgan fingerprint density at radius 3 is 2.61 bits per heavy atom. The number of fused-ring (bicyclic) bond motifs is 1. The molecule has 4 aliphatic rings. The third-order valence-electron chi connectivity index (χ3n) is 8.44. The van der Waals surface area contributed by atoms with Crippen molar-refractivity contribution in [1.29, 1.82) is 0 Å². The monoisotopic (exact) mass is 601 g/mol. The molecule has 3 aliphatic heterocycles. The number of hydrogen-bond acceptors (Lipinski definition) is 7. The van der Waals surface area contributed by atoms with Crippen molar-refractivity contribution in [3.8, 4) is 0 Å². The predicted octanol–water partition coefficient (Wildman–Crippen LogP) is 0.234. The Morgan fingerprint density at radius 2 is 1.92 bits per heavy atom. The number of rotatable bonds is 6. The van der Waals surface area contributed by atoms with Crippen LogP contribution in [0.5, 0.6) is 0 Å². The molecule has 3 saturated heterocycles. The quantitative estimate of drug-likeness (QED) is 0.310. The number of alkyl halides is 2. The third kappa shape index (κ3) is 4.08. The molecule has 0 amide bonds. The number of nitrogens with zero attached hydrogens (tertiary/aromatic N) is 5. The number of ether oxygens (including phenoxy) is 1. The molecule has 192 valence electrons. The van der Waals surface area contributed by atoms with Gasteiger partial charge in [0.15, 0.2) is 0 Å². The maximum atomic E-state index is 10.5. The SMILES string of the molecule is Cc1c(Nc2cc3cc(N4CCN([C@@]5(C)COC[C@H]5O)CC4)c(C4C[I-]4)cc3cn2)cnn1C1CC1. The van der Waals surface area contributed by atoms with Crippen molar-refractivity contribution in [2.24, 2.45) is 0 Å². The molecule has 5 heterocycles. The molecular formula is C27H34IN6O2-. The average molecular weight is 602 g/mol. The van der Waals surface area contributed by atoms with E-state index in [0.29, 0.717) is 40.5 Å². The first-order valence-electron chi connectivity index (χ1n) is 13.1. The van der Waals surface area contributed by atoms with Gasteiger partial charge in [0.2, 0.25) is 0 Å². The van der Waals surface area contributed by atoms with Crippen molar-refractivity contribution in [2.75, 3.05) is 54.0 Å². The minimum Gasteiger partial charge on any atom is -0.0285 e. The van der Waals surface area contributed by atoms with Gasteiger partial charge in [-0.2, -0.15) is 0 Å². The van der Waals surface area contributed by atoms with E-state index in [0.717, 1.165) is 41.6 Å². The minimum absolute atomic E-state index is 0.266. The summed E-state index contributed by atoms with van der Waals surface area (Å²) in [5.74, 6) is 0.867. The Bertz CT molecular complexity index is 1300. The molecule has 9 heteroatoms. The van der Waals surface area contributed by atoms with Crippen molar-refractivity contribution in [3.63, 3.8) is 0 Å². The summed E-state index contributed by atoms with van der Waals surface area (Å²) in [7, 11) is 0. The van der Waals surface area contributed by atoms with E-state index in [1.165, 1.54) is 45.0 Å². The van der Waals surface area contributed by atoms with Crippen molar-refractivity contribution < 1.29 is 31.0 Å². The molecule has 1 aromatic carbocycles. The van der Waals surface area contributed by atoms with E-state index in [2.05, 4.69) is 56.9 Å². The number of hydrogen-bond donors (Lipinski definition) is 2. The molecule has 8 nitrogen and oxygen atoms in total. The van der Waals surface area contributed by atoms with Gasteiger partial charge < -0.3 is 0 Å². The van der Waals surface area contributed by atoms with Gasteiger partial charge in [0.25, 0.3) is 0 Å². The molecular weight excluding hydrogens is 567 g/mol. The average Bonchev–Trinajstić information content (AvgIpc) is 3.82. The zero-order chi connectivity index (χ0) is 24.4. The first-order valence-corrected chi connectivity index (χ1v) is 15.8. The van der Waals surface area contributed by atoms with E-state index >= 15 is 0 Å². The number of nitrogens with one attached hydrogen (secondary N) is 1. The van der Waals surface area contributed by atoms with E-state index < -0.39 is 6.10 Å². The molecule has 3 aromatic rings. The molecule has 1 saturated carbocycles. The Kier molecular flexibility index (Phi) is 5.68. The molecule has 0 bridgehead atoms. The molecule has 2 aromatic heterocycles. The molecule has 4 fully saturated rings. The van der Waals surface area contributed by atoms with E-state index in [1.807, 2.05) is 12.4 Å². The van der Waals surface area contributed by atoms with Crippen molar-refractivity contribution in [3.05, 3.63) is 41.9 Å². The van der Waals surface area contributed by atoms with Crippen molar-refractivity contribution in [1.82, 2.24) is 19.7 Å². The van der Waals surface area contributed by atoms with E-state index in [4.69, 9.17) is 9.72 Å².